The molecule has 0 aliphatic carbocycles. The van der Waals surface area contributed by atoms with Crippen LogP contribution in [0.5, 0.6) is 5.75 Å². The zero-order valence-electron chi connectivity index (χ0n) is 30.6. The number of alkyl halides is 6. The lowest BCUT2D eigenvalue weighted by Crippen LogP contribution is -2.57. The summed E-state index contributed by atoms with van der Waals surface area (Å²) in [5.41, 5.74) is 2.23. The van der Waals surface area contributed by atoms with Gasteiger partial charge < -0.3 is 40.4 Å². The number of fused-ring (bicyclic) bond motifs is 1. The number of aliphatic hydroxyl groups excluding tert-OH is 1. The van der Waals surface area contributed by atoms with Gasteiger partial charge in [0.15, 0.2) is 0 Å². The maximum absolute atomic E-state index is 14.8. The summed E-state index contributed by atoms with van der Waals surface area (Å²) in [7, 11) is 0. The number of aromatic nitrogens is 1. The lowest BCUT2D eigenvalue weighted by molar-refractivity contribution is -0.193. The number of aliphatic carboxylic acids is 2. The van der Waals surface area contributed by atoms with E-state index in [1.165, 1.54) is 23.5 Å². The Morgan fingerprint density at radius 3 is 2.19 bits per heavy atom. The Kier molecular flexibility index (Phi) is 15.4. The number of amides is 1. The molecular formula is C36H39F7N4O9S2. The largest absolute Gasteiger partial charge is 0.506 e. The first-order chi connectivity index (χ1) is 27.1. The highest BCUT2D eigenvalue weighted by Crippen LogP contribution is 2.33. The third kappa shape index (κ3) is 12.7. The van der Waals surface area contributed by atoms with Gasteiger partial charge in [0.25, 0.3) is 5.91 Å². The van der Waals surface area contributed by atoms with Gasteiger partial charge in [-0.25, -0.2) is 14.0 Å². The number of likely N-dealkylation sites (tertiary alicyclic amines) is 1. The number of thiophene rings is 1. The fourth-order valence-electron chi connectivity index (χ4n) is 6.17. The van der Waals surface area contributed by atoms with Crippen molar-refractivity contribution in [3.8, 4) is 5.75 Å². The molecule has 2 aromatic carbocycles. The van der Waals surface area contributed by atoms with E-state index in [-0.39, 0.29) is 34.5 Å². The second-order valence-corrected chi connectivity index (χ2v) is 15.6. The van der Waals surface area contributed by atoms with Crippen LogP contribution in [-0.4, -0.2) is 117 Å². The summed E-state index contributed by atoms with van der Waals surface area (Å²) in [6.45, 7) is 6.62. The SMILES string of the molecule is Cc1ccc(C(=O)N2CCOC3(CCN(Cc4cc(CCNC[C@H](O)c5ccc(O)c6[nH]c(=O)sc56)ccc4F)CC3)C2)s1.O=C(O)C(F)(F)F.O=C(O)C(F)(F)F. The van der Waals surface area contributed by atoms with Crippen molar-refractivity contribution in [2.24, 2.45) is 0 Å². The van der Waals surface area contributed by atoms with E-state index in [0.717, 1.165) is 52.6 Å². The smallest absolute Gasteiger partial charge is 0.490 e. The molecule has 2 aromatic heterocycles. The number of carboxylic acid groups (broad SMARTS) is 2. The Morgan fingerprint density at radius 1 is 0.966 bits per heavy atom. The number of aryl methyl sites for hydroxylation is 1. The minimum Gasteiger partial charge on any atom is -0.506 e. The topological polar surface area (TPSA) is 193 Å². The van der Waals surface area contributed by atoms with Crippen LogP contribution in [0.25, 0.3) is 10.2 Å². The fraction of sp³-hybridized carbons (Fsp3) is 0.444. The first-order valence-corrected chi connectivity index (χ1v) is 19.0. The number of piperidine rings is 1. The Labute approximate surface area is 333 Å². The minimum absolute atomic E-state index is 0.0243. The van der Waals surface area contributed by atoms with Crippen LogP contribution in [0.15, 0.2) is 47.3 Å². The van der Waals surface area contributed by atoms with Crippen LogP contribution >= 0.6 is 22.7 Å². The molecule has 58 heavy (non-hydrogen) atoms. The van der Waals surface area contributed by atoms with E-state index in [2.05, 4.69) is 15.2 Å². The van der Waals surface area contributed by atoms with Crippen LogP contribution in [0.1, 0.15) is 50.2 Å². The number of benzene rings is 2. The van der Waals surface area contributed by atoms with Crippen molar-refractivity contribution in [1.82, 2.24) is 20.1 Å². The number of nitrogens with zero attached hydrogens (tertiary/aromatic N) is 2. The maximum Gasteiger partial charge on any atom is 0.490 e. The molecule has 1 amide bonds. The summed E-state index contributed by atoms with van der Waals surface area (Å²) >= 11 is 2.49. The van der Waals surface area contributed by atoms with Crippen LogP contribution in [0, 0.1) is 12.7 Å². The number of ether oxygens (including phenoxy) is 1. The number of aliphatic hydroxyl groups is 1. The van der Waals surface area contributed by atoms with E-state index >= 15 is 0 Å². The van der Waals surface area contributed by atoms with E-state index in [4.69, 9.17) is 24.5 Å². The summed E-state index contributed by atoms with van der Waals surface area (Å²) < 4.78 is 85.1. The Balaban J connectivity index is 0.000000456. The second-order valence-electron chi connectivity index (χ2n) is 13.3. The number of hydrogen-bond donors (Lipinski definition) is 6. The van der Waals surface area contributed by atoms with Crippen LogP contribution < -0.4 is 10.2 Å². The zero-order chi connectivity index (χ0) is 43.0. The van der Waals surface area contributed by atoms with Crippen LogP contribution in [0.3, 0.4) is 0 Å². The van der Waals surface area contributed by atoms with Crippen molar-refractivity contribution >= 4 is 50.7 Å². The molecule has 0 radical (unpaired) electrons. The average Bonchev–Trinajstić information content (AvgIpc) is 3.77. The molecule has 6 N–H and O–H groups in total. The highest BCUT2D eigenvalue weighted by molar-refractivity contribution is 7.16. The summed E-state index contributed by atoms with van der Waals surface area (Å²) in [4.78, 5) is 51.0. The minimum atomic E-state index is -5.08. The van der Waals surface area contributed by atoms with Gasteiger partial charge in [-0.15, -0.1) is 11.3 Å². The van der Waals surface area contributed by atoms with Gasteiger partial charge in [-0.3, -0.25) is 14.5 Å². The predicted octanol–water partition coefficient (Wildman–Crippen LogP) is 5.44. The third-order valence-electron chi connectivity index (χ3n) is 9.12. The molecule has 22 heteroatoms. The molecule has 13 nitrogen and oxygen atoms in total. The molecule has 2 aliphatic heterocycles. The first kappa shape index (κ1) is 46.1. The Morgan fingerprint density at radius 2 is 1.60 bits per heavy atom. The molecule has 0 saturated carbocycles. The van der Waals surface area contributed by atoms with E-state index in [0.29, 0.717) is 60.6 Å². The lowest BCUT2D eigenvalue weighted by Gasteiger charge is -2.47. The van der Waals surface area contributed by atoms with E-state index in [9.17, 15) is 50.5 Å². The zero-order valence-corrected chi connectivity index (χ0v) is 32.2. The third-order valence-corrected chi connectivity index (χ3v) is 11.0. The molecular weight excluding hydrogens is 830 g/mol. The number of thiazole rings is 1. The number of aromatic hydroxyl groups is 1. The highest BCUT2D eigenvalue weighted by Gasteiger charge is 2.42. The summed E-state index contributed by atoms with van der Waals surface area (Å²) in [5, 5.41) is 38.2. The Hall–Kier alpha value is -4.61. The van der Waals surface area contributed by atoms with Crippen molar-refractivity contribution in [3.63, 3.8) is 0 Å². The molecule has 318 valence electrons. The number of carboxylic acids is 2. The quantitative estimate of drug-likeness (QED) is 0.0927. The maximum atomic E-state index is 14.8. The first-order valence-electron chi connectivity index (χ1n) is 17.4. The molecule has 1 atom stereocenters. The monoisotopic (exact) mass is 868 g/mol. The fourth-order valence-corrected chi connectivity index (χ4v) is 7.93. The number of morpholine rings is 1. The lowest BCUT2D eigenvalue weighted by atomic mass is 9.89. The molecule has 4 heterocycles. The number of halogens is 7. The number of aromatic amines is 1. The molecule has 0 unspecified atom stereocenters. The van der Waals surface area contributed by atoms with Crippen molar-refractivity contribution in [2.75, 3.05) is 45.9 Å². The normalized spacial score (nSPS) is 16.3. The van der Waals surface area contributed by atoms with Crippen molar-refractivity contribution < 1.29 is 70.3 Å². The van der Waals surface area contributed by atoms with Crippen molar-refractivity contribution in [3.05, 3.63) is 84.4 Å². The van der Waals surface area contributed by atoms with Gasteiger partial charge >= 0.3 is 29.2 Å². The summed E-state index contributed by atoms with van der Waals surface area (Å²) in [6, 6.07) is 12.2. The number of carbonyl (C=O) groups is 3. The molecule has 1 spiro atoms. The molecule has 2 fully saturated rings. The number of rotatable bonds is 9. The number of phenols is 1. The van der Waals surface area contributed by atoms with Gasteiger partial charge in [-0.05, 0) is 62.6 Å². The van der Waals surface area contributed by atoms with Crippen molar-refractivity contribution in [1.29, 1.82) is 0 Å². The summed E-state index contributed by atoms with van der Waals surface area (Å²) in [6.07, 6.45) is -8.77. The number of hydrogen-bond acceptors (Lipinski definition) is 11. The van der Waals surface area contributed by atoms with E-state index < -0.39 is 30.4 Å². The molecule has 2 aliphatic rings. The van der Waals surface area contributed by atoms with Crippen molar-refractivity contribution in [2.45, 2.75) is 56.8 Å². The number of phenolic OH excluding ortho intramolecular Hbond substituents is 1. The Bertz CT molecular complexity index is 2090. The van der Waals surface area contributed by atoms with E-state index in [1.54, 1.807) is 12.1 Å². The average molecular weight is 869 g/mol. The van der Waals surface area contributed by atoms with Gasteiger partial charge in [0.1, 0.15) is 17.1 Å². The van der Waals surface area contributed by atoms with Gasteiger partial charge in [0.05, 0.1) is 34.4 Å². The highest BCUT2D eigenvalue weighted by atomic mass is 32.1. The number of carbonyl (C=O) groups excluding carboxylic acids is 1. The summed E-state index contributed by atoms with van der Waals surface area (Å²) in [5.74, 6) is -5.69. The predicted molar refractivity (Wildman–Crippen MR) is 198 cm³/mol. The molecule has 0 bridgehead atoms. The standard InChI is InChI=1S/C32H37FN4O5S2.2C2HF3O2/c1-20-2-7-27(43-20)30(40)37-14-15-42-32(19-37)9-12-36(13-10-32)18-22-16-21(3-5-24(22)33)8-11-34-17-26(39)23-4-6-25(38)28-29(23)44-31(41)35-28;2*3-2(4,5)1(6)7/h2-7,16,26,34,38-39H,8-15,17-19H2,1H3,(H,35,41);2*(H,6,7)/t26-;;/m0../s1. The van der Waals surface area contributed by atoms with Gasteiger partial charge in [-0.1, -0.05) is 29.5 Å². The van der Waals surface area contributed by atoms with Crippen LogP contribution in [-0.2, 0) is 27.3 Å². The van der Waals surface area contributed by atoms with E-state index in [1.807, 2.05) is 30.0 Å². The van der Waals surface area contributed by atoms with Crippen LogP contribution in [0.4, 0.5) is 30.7 Å². The number of nitrogens with one attached hydrogen (secondary N) is 2. The molecule has 2 saturated heterocycles. The van der Waals surface area contributed by atoms with Crippen LogP contribution in [0.2, 0.25) is 0 Å². The van der Waals surface area contributed by atoms with Gasteiger partial charge in [-0.2, -0.15) is 26.3 Å². The second kappa shape index (κ2) is 19.4. The molecule has 4 aromatic rings. The van der Waals surface area contributed by atoms with Gasteiger partial charge in [0, 0.05) is 48.7 Å². The number of H-pyrrole nitrogens is 1. The van der Waals surface area contributed by atoms with Gasteiger partial charge in [0.2, 0.25) is 0 Å². The molecule has 6 rings (SSSR count).